The van der Waals surface area contributed by atoms with Crippen molar-refractivity contribution < 1.29 is 0 Å². The molecule has 0 aliphatic heterocycles. The maximum absolute atomic E-state index is 5.93. The molecule has 1 rings (SSSR count). The van der Waals surface area contributed by atoms with Crippen LogP contribution in [0.15, 0.2) is 24.3 Å². The van der Waals surface area contributed by atoms with Crippen molar-refractivity contribution in [2.75, 3.05) is 20.0 Å². The summed E-state index contributed by atoms with van der Waals surface area (Å²) >= 11 is 5.93. The van der Waals surface area contributed by atoms with Gasteiger partial charge in [0, 0.05) is 11.9 Å². The molecule has 0 spiro atoms. The molecule has 0 fully saturated rings. The van der Waals surface area contributed by atoms with Crippen molar-refractivity contribution >= 4 is 11.6 Å². The molecule has 0 saturated heterocycles. The van der Waals surface area contributed by atoms with Crippen molar-refractivity contribution in [1.82, 2.24) is 4.90 Å². The van der Waals surface area contributed by atoms with Crippen molar-refractivity contribution in [3.63, 3.8) is 0 Å². The Morgan fingerprint density at radius 2 is 1.92 bits per heavy atom. The fourth-order valence-electron chi connectivity index (χ4n) is 1.46. The van der Waals surface area contributed by atoms with Crippen LogP contribution in [-0.2, 0) is 0 Å². The van der Waals surface area contributed by atoms with Gasteiger partial charge in [0.05, 0.1) is 0 Å². The van der Waals surface area contributed by atoms with E-state index >= 15 is 0 Å². The number of nitrogens with zero attached hydrogens (tertiary/aromatic N) is 1. The Kier molecular flexibility index (Phi) is 3.76. The lowest BCUT2D eigenvalue weighted by Crippen LogP contribution is -2.21. The van der Waals surface area contributed by atoms with Gasteiger partial charge in [-0.05, 0) is 32.1 Å². The number of benzene rings is 1. The van der Waals surface area contributed by atoms with Crippen LogP contribution in [0.4, 0.5) is 0 Å². The Bertz CT molecular complexity index is 271. The molecule has 13 heavy (non-hydrogen) atoms. The molecule has 0 aliphatic rings. The van der Waals surface area contributed by atoms with Gasteiger partial charge >= 0.3 is 0 Å². The molecule has 1 aromatic rings. The normalized spacial score (nSPS) is 13.3. The molecule has 0 saturated carbocycles. The lowest BCUT2D eigenvalue weighted by molar-refractivity contribution is 0.323. The minimum Gasteiger partial charge on any atom is -0.301 e. The first-order valence-corrected chi connectivity index (χ1v) is 4.98. The zero-order valence-corrected chi connectivity index (χ0v) is 9.17. The number of alkyl halides is 1. The Morgan fingerprint density at radius 1 is 1.31 bits per heavy atom. The van der Waals surface area contributed by atoms with E-state index in [0.717, 1.165) is 0 Å². The third kappa shape index (κ3) is 2.45. The summed E-state index contributed by atoms with van der Waals surface area (Å²) in [6.45, 7) is 2.12. The zero-order chi connectivity index (χ0) is 9.84. The summed E-state index contributed by atoms with van der Waals surface area (Å²) in [5, 5.41) is 0. The van der Waals surface area contributed by atoms with E-state index in [2.05, 4.69) is 50.2 Å². The van der Waals surface area contributed by atoms with Crippen molar-refractivity contribution in [3.8, 4) is 0 Å². The highest BCUT2D eigenvalue weighted by molar-refractivity contribution is 6.18. The SMILES string of the molecule is Cc1ccccc1C(CCl)N(C)C. The summed E-state index contributed by atoms with van der Waals surface area (Å²) in [6.07, 6.45) is 0. The second kappa shape index (κ2) is 4.64. The molecule has 1 nitrogen and oxygen atoms in total. The second-order valence-corrected chi connectivity index (χ2v) is 3.80. The number of halogens is 1. The lowest BCUT2D eigenvalue weighted by Gasteiger charge is -2.23. The monoisotopic (exact) mass is 197 g/mol. The third-order valence-electron chi connectivity index (χ3n) is 2.32. The molecule has 2 heteroatoms. The first kappa shape index (κ1) is 10.6. The van der Waals surface area contributed by atoms with Crippen LogP contribution >= 0.6 is 11.6 Å². The van der Waals surface area contributed by atoms with Crippen LogP contribution in [0.2, 0.25) is 0 Å². The van der Waals surface area contributed by atoms with Crippen molar-refractivity contribution in [1.29, 1.82) is 0 Å². The molecule has 72 valence electrons. The van der Waals surface area contributed by atoms with Gasteiger partial charge in [-0.1, -0.05) is 24.3 Å². The van der Waals surface area contributed by atoms with Crippen molar-refractivity contribution in [3.05, 3.63) is 35.4 Å². The minimum absolute atomic E-state index is 0.322. The standard InChI is InChI=1S/C11H16ClN/c1-9-6-4-5-7-10(9)11(8-12)13(2)3/h4-7,11H,8H2,1-3H3. The number of hydrogen-bond donors (Lipinski definition) is 0. The number of aryl methyl sites for hydroxylation is 1. The highest BCUT2D eigenvalue weighted by atomic mass is 35.5. The van der Waals surface area contributed by atoms with Crippen LogP contribution in [0.5, 0.6) is 0 Å². The third-order valence-corrected chi connectivity index (χ3v) is 2.61. The van der Waals surface area contributed by atoms with E-state index in [-0.39, 0.29) is 0 Å². The van der Waals surface area contributed by atoms with E-state index in [4.69, 9.17) is 11.6 Å². The average Bonchev–Trinajstić information content (AvgIpc) is 2.09. The van der Waals surface area contributed by atoms with E-state index < -0.39 is 0 Å². The largest absolute Gasteiger partial charge is 0.301 e. The molecule has 1 unspecified atom stereocenters. The molecule has 0 amide bonds. The Balaban J connectivity index is 2.97. The molecule has 0 radical (unpaired) electrons. The Hall–Kier alpha value is -0.530. The van der Waals surface area contributed by atoms with Crippen LogP contribution in [-0.4, -0.2) is 24.9 Å². The van der Waals surface area contributed by atoms with E-state index in [1.54, 1.807) is 0 Å². The van der Waals surface area contributed by atoms with Gasteiger partial charge in [-0.3, -0.25) is 0 Å². The maximum Gasteiger partial charge on any atom is 0.0480 e. The maximum atomic E-state index is 5.93. The summed E-state index contributed by atoms with van der Waals surface area (Å²) in [4.78, 5) is 2.15. The highest BCUT2D eigenvalue weighted by Crippen LogP contribution is 2.22. The molecule has 0 heterocycles. The molecule has 0 bridgehead atoms. The smallest absolute Gasteiger partial charge is 0.0480 e. The van der Waals surface area contributed by atoms with Gasteiger partial charge in [0.25, 0.3) is 0 Å². The number of rotatable bonds is 3. The first-order chi connectivity index (χ1) is 6.16. The fourth-order valence-corrected chi connectivity index (χ4v) is 1.90. The van der Waals surface area contributed by atoms with Crippen molar-refractivity contribution in [2.45, 2.75) is 13.0 Å². The molecule has 1 aromatic carbocycles. The van der Waals surface area contributed by atoms with Crippen LogP contribution in [0, 0.1) is 6.92 Å². The van der Waals surface area contributed by atoms with Crippen LogP contribution in [0.1, 0.15) is 17.2 Å². The van der Waals surface area contributed by atoms with Crippen LogP contribution in [0.3, 0.4) is 0 Å². The summed E-state index contributed by atoms with van der Waals surface area (Å²) in [5.41, 5.74) is 2.63. The quantitative estimate of drug-likeness (QED) is 0.674. The molecular weight excluding hydrogens is 182 g/mol. The lowest BCUT2D eigenvalue weighted by atomic mass is 10.0. The van der Waals surface area contributed by atoms with Gasteiger partial charge in [0.15, 0.2) is 0 Å². The second-order valence-electron chi connectivity index (χ2n) is 3.49. The molecule has 0 N–H and O–H groups in total. The van der Waals surface area contributed by atoms with Gasteiger partial charge in [0.2, 0.25) is 0 Å². The molecular formula is C11H16ClN. The Labute approximate surface area is 85.3 Å². The summed E-state index contributed by atoms with van der Waals surface area (Å²) in [7, 11) is 4.11. The van der Waals surface area contributed by atoms with Crippen LogP contribution in [0.25, 0.3) is 0 Å². The zero-order valence-electron chi connectivity index (χ0n) is 8.42. The topological polar surface area (TPSA) is 3.24 Å². The van der Waals surface area contributed by atoms with Gasteiger partial charge in [0.1, 0.15) is 0 Å². The van der Waals surface area contributed by atoms with Gasteiger partial charge in [-0.15, -0.1) is 11.6 Å². The summed E-state index contributed by atoms with van der Waals surface area (Å²) in [6, 6.07) is 8.70. The van der Waals surface area contributed by atoms with E-state index in [0.29, 0.717) is 11.9 Å². The molecule has 0 aliphatic carbocycles. The van der Waals surface area contributed by atoms with E-state index in [1.807, 2.05) is 0 Å². The van der Waals surface area contributed by atoms with Crippen molar-refractivity contribution in [2.24, 2.45) is 0 Å². The molecule has 0 aromatic heterocycles. The van der Waals surface area contributed by atoms with Gasteiger partial charge in [-0.2, -0.15) is 0 Å². The minimum atomic E-state index is 0.322. The average molecular weight is 198 g/mol. The van der Waals surface area contributed by atoms with Gasteiger partial charge < -0.3 is 4.90 Å². The van der Waals surface area contributed by atoms with E-state index in [1.165, 1.54) is 11.1 Å². The summed E-state index contributed by atoms with van der Waals surface area (Å²) < 4.78 is 0. The van der Waals surface area contributed by atoms with E-state index in [9.17, 15) is 0 Å². The predicted octanol–water partition coefficient (Wildman–Crippen LogP) is 2.84. The first-order valence-electron chi connectivity index (χ1n) is 4.44. The Morgan fingerprint density at radius 3 is 2.38 bits per heavy atom. The number of hydrogen-bond acceptors (Lipinski definition) is 1. The molecule has 1 atom stereocenters. The predicted molar refractivity (Wildman–Crippen MR) is 58.3 cm³/mol. The van der Waals surface area contributed by atoms with Crippen LogP contribution < -0.4 is 0 Å². The van der Waals surface area contributed by atoms with Gasteiger partial charge in [-0.25, -0.2) is 0 Å². The summed E-state index contributed by atoms with van der Waals surface area (Å²) in [5.74, 6) is 0.637. The highest BCUT2D eigenvalue weighted by Gasteiger charge is 2.13. The fraction of sp³-hybridized carbons (Fsp3) is 0.455.